The standard InChI is InChI=1S/C35H69NO9/c1-3-5-7-9-11-13-15-17-19-21-23-28(38)31(40)27(26-44-35-34(43)33(42)32(41)29(25-37)45-35)36-30(39)24-22-20-18-16-14-12-10-8-6-4-2/h27-29,31-35,37-38,40-43H,3-26H2,1-2H3,(H,36,39)/t27-,28+,29+,31-,32-,33?,34?,35+/m0/s1. The Morgan fingerprint density at radius 3 is 1.64 bits per heavy atom. The summed E-state index contributed by atoms with van der Waals surface area (Å²) in [6.45, 7) is 3.54. The summed E-state index contributed by atoms with van der Waals surface area (Å²) >= 11 is 0. The van der Waals surface area contributed by atoms with E-state index in [2.05, 4.69) is 19.2 Å². The van der Waals surface area contributed by atoms with Gasteiger partial charge < -0.3 is 45.4 Å². The Balaban J connectivity index is 2.54. The van der Waals surface area contributed by atoms with E-state index in [-0.39, 0.29) is 18.9 Å². The molecule has 1 aliphatic rings. The van der Waals surface area contributed by atoms with Crippen molar-refractivity contribution in [2.24, 2.45) is 0 Å². The zero-order valence-corrected chi connectivity index (χ0v) is 28.5. The predicted octanol–water partition coefficient (Wildman–Crippen LogP) is 4.63. The first-order chi connectivity index (χ1) is 21.8. The molecular weight excluding hydrogens is 578 g/mol. The van der Waals surface area contributed by atoms with E-state index in [0.29, 0.717) is 6.42 Å². The second kappa shape index (κ2) is 27.1. The number of hydrogen-bond donors (Lipinski definition) is 7. The Kier molecular flexibility index (Phi) is 25.4. The lowest BCUT2D eigenvalue weighted by Crippen LogP contribution is -2.60. The van der Waals surface area contributed by atoms with E-state index in [9.17, 15) is 35.4 Å². The second-order valence-corrected chi connectivity index (χ2v) is 13.2. The molecule has 1 saturated heterocycles. The maximum atomic E-state index is 12.8. The number of amides is 1. The summed E-state index contributed by atoms with van der Waals surface area (Å²) < 4.78 is 11.1. The lowest BCUT2D eigenvalue weighted by molar-refractivity contribution is -0.303. The van der Waals surface area contributed by atoms with Crippen LogP contribution in [-0.2, 0) is 14.3 Å². The Bertz CT molecular complexity index is 698. The normalized spacial score (nSPS) is 24.0. The molecule has 0 bridgehead atoms. The zero-order valence-electron chi connectivity index (χ0n) is 28.5. The molecule has 1 rings (SSSR count). The Morgan fingerprint density at radius 2 is 1.16 bits per heavy atom. The van der Waals surface area contributed by atoms with E-state index in [1.165, 1.54) is 77.0 Å². The molecule has 0 aliphatic carbocycles. The molecule has 45 heavy (non-hydrogen) atoms. The van der Waals surface area contributed by atoms with Gasteiger partial charge in [-0.3, -0.25) is 4.79 Å². The van der Waals surface area contributed by atoms with Crippen LogP contribution < -0.4 is 5.32 Å². The van der Waals surface area contributed by atoms with Crippen LogP contribution in [0.2, 0.25) is 0 Å². The molecule has 0 aromatic carbocycles. The fraction of sp³-hybridized carbons (Fsp3) is 0.971. The number of ether oxygens (including phenoxy) is 2. The molecule has 10 nitrogen and oxygen atoms in total. The minimum Gasteiger partial charge on any atom is -0.394 e. The first kappa shape index (κ1) is 42.2. The molecule has 0 radical (unpaired) electrons. The Labute approximate surface area is 273 Å². The summed E-state index contributed by atoms with van der Waals surface area (Å²) in [5.74, 6) is -0.262. The number of hydrogen-bond acceptors (Lipinski definition) is 9. The monoisotopic (exact) mass is 647 g/mol. The molecule has 8 atom stereocenters. The number of carbonyl (C=O) groups is 1. The highest BCUT2D eigenvalue weighted by atomic mass is 16.7. The molecule has 1 aliphatic heterocycles. The molecule has 10 heteroatoms. The smallest absolute Gasteiger partial charge is 0.220 e. The van der Waals surface area contributed by atoms with Crippen LogP contribution in [-0.4, -0.2) is 98.7 Å². The maximum Gasteiger partial charge on any atom is 0.220 e. The molecule has 7 N–H and O–H groups in total. The van der Waals surface area contributed by atoms with Gasteiger partial charge in [0.25, 0.3) is 0 Å². The third-order valence-electron chi connectivity index (χ3n) is 9.05. The summed E-state index contributed by atoms with van der Waals surface area (Å²) in [6, 6.07) is -0.980. The number of aliphatic hydroxyl groups is 6. The van der Waals surface area contributed by atoms with Crippen molar-refractivity contribution in [3.05, 3.63) is 0 Å². The number of carbonyl (C=O) groups excluding carboxylic acids is 1. The summed E-state index contributed by atoms with van der Waals surface area (Å²) in [5.41, 5.74) is 0. The van der Waals surface area contributed by atoms with Crippen molar-refractivity contribution in [2.45, 2.75) is 204 Å². The highest BCUT2D eigenvalue weighted by Gasteiger charge is 2.44. The summed E-state index contributed by atoms with van der Waals surface area (Å²) in [5, 5.41) is 64.6. The number of unbranched alkanes of at least 4 members (excludes halogenated alkanes) is 18. The highest BCUT2D eigenvalue weighted by molar-refractivity contribution is 5.76. The Morgan fingerprint density at radius 1 is 0.689 bits per heavy atom. The average molecular weight is 648 g/mol. The molecule has 0 spiro atoms. The van der Waals surface area contributed by atoms with Crippen LogP contribution in [0.1, 0.15) is 155 Å². The largest absolute Gasteiger partial charge is 0.394 e. The number of rotatable bonds is 29. The first-order valence-electron chi connectivity index (χ1n) is 18.3. The van der Waals surface area contributed by atoms with Crippen molar-refractivity contribution in [2.75, 3.05) is 13.2 Å². The lowest BCUT2D eigenvalue weighted by atomic mass is 9.98. The predicted molar refractivity (Wildman–Crippen MR) is 177 cm³/mol. The molecule has 1 amide bonds. The zero-order chi connectivity index (χ0) is 33.3. The van der Waals surface area contributed by atoms with Crippen molar-refractivity contribution >= 4 is 5.91 Å². The third kappa shape index (κ3) is 18.9. The quantitative estimate of drug-likeness (QED) is 0.0572. The van der Waals surface area contributed by atoms with Crippen LogP contribution in [0, 0.1) is 0 Å². The summed E-state index contributed by atoms with van der Waals surface area (Å²) in [4.78, 5) is 12.8. The third-order valence-corrected chi connectivity index (χ3v) is 9.05. The van der Waals surface area contributed by atoms with Gasteiger partial charge in [-0.1, -0.05) is 136 Å². The molecular formula is C35H69NO9. The minimum atomic E-state index is -1.60. The van der Waals surface area contributed by atoms with Gasteiger partial charge in [0.1, 0.15) is 30.5 Å². The van der Waals surface area contributed by atoms with Gasteiger partial charge in [0, 0.05) is 6.42 Å². The average Bonchev–Trinajstić information content (AvgIpc) is 3.04. The maximum absolute atomic E-state index is 12.8. The van der Waals surface area contributed by atoms with Gasteiger partial charge in [-0.15, -0.1) is 0 Å². The van der Waals surface area contributed by atoms with Crippen LogP contribution in [0.4, 0.5) is 0 Å². The molecule has 268 valence electrons. The van der Waals surface area contributed by atoms with Gasteiger partial charge in [0.05, 0.1) is 25.4 Å². The van der Waals surface area contributed by atoms with E-state index in [4.69, 9.17) is 9.47 Å². The van der Waals surface area contributed by atoms with Gasteiger partial charge >= 0.3 is 0 Å². The van der Waals surface area contributed by atoms with Gasteiger partial charge in [-0.25, -0.2) is 0 Å². The molecule has 0 aromatic rings. The molecule has 0 aromatic heterocycles. The van der Waals surface area contributed by atoms with E-state index in [1.54, 1.807) is 0 Å². The van der Waals surface area contributed by atoms with Gasteiger partial charge in [0.15, 0.2) is 6.29 Å². The summed E-state index contributed by atoms with van der Waals surface area (Å²) in [6.07, 6.45) is 14.1. The molecule has 1 fully saturated rings. The van der Waals surface area contributed by atoms with Crippen LogP contribution in [0.5, 0.6) is 0 Å². The molecule has 0 saturated carbocycles. The van der Waals surface area contributed by atoms with Crippen molar-refractivity contribution in [3.63, 3.8) is 0 Å². The topological polar surface area (TPSA) is 169 Å². The SMILES string of the molecule is CCCCCCCCCCCCC(=O)N[C@@H](CO[C@@H]1O[C@H](CO)[C@H](O)C(O)C1O)[C@H](O)[C@H](O)CCCCCCCCCCCC. The van der Waals surface area contributed by atoms with Gasteiger partial charge in [-0.05, 0) is 12.8 Å². The van der Waals surface area contributed by atoms with Crippen molar-refractivity contribution in [1.29, 1.82) is 0 Å². The molecule has 1 heterocycles. The van der Waals surface area contributed by atoms with E-state index >= 15 is 0 Å². The highest BCUT2D eigenvalue weighted by Crippen LogP contribution is 2.23. The second-order valence-electron chi connectivity index (χ2n) is 13.2. The van der Waals surface area contributed by atoms with E-state index in [0.717, 1.165) is 51.4 Å². The fourth-order valence-electron chi connectivity index (χ4n) is 5.96. The summed E-state index contributed by atoms with van der Waals surface area (Å²) in [7, 11) is 0. The Hall–Kier alpha value is -0.850. The number of nitrogens with one attached hydrogen (secondary N) is 1. The van der Waals surface area contributed by atoms with E-state index in [1.807, 2.05) is 0 Å². The molecule has 2 unspecified atom stereocenters. The first-order valence-corrected chi connectivity index (χ1v) is 18.3. The van der Waals surface area contributed by atoms with Crippen LogP contribution in [0.25, 0.3) is 0 Å². The number of aliphatic hydroxyl groups excluding tert-OH is 6. The van der Waals surface area contributed by atoms with E-state index < -0.39 is 55.6 Å². The van der Waals surface area contributed by atoms with Crippen molar-refractivity contribution in [3.8, 4) is 0 Å². The minimum absolute atomic E-state index is 0.262. The van der Waals surface area contributed by atoms with Gasteiger partial charge in [0.2, 0.25) is 5.91 Å². The van der Waals surface area contributed by atoms with Crippen molar-refractivity contribution in [1.82, 2.24) is 5.32 Å². The van der Waals surface area contributed by atoms with Crippen LogP contribution >= 0.6 is 0 Å². The van der Waals surface area contributed by atoms with Gasteiger partial charge in [-0.2, -0.15) is 0 Å². The van der Waals surface area contributed by atoms with Crippen molar-refractivity contribution < 1.29 is 44.9 Å². The lowest BCUT2D eigenvalue weighted by Gasteiger charge is -2.40. The fourth-order valence-corrected chi connectivity index (χ4v) is 5.96. The van der Waals surface area contributed by atoms with Crippen LogP contribution in [0.15, 0.2) is 0 Å². The van der Waals surface area contributed by atoms with Crippen LogP contribution in [0.3, 0.4) is 0 Å².